The van der Waals surface area contributed by atoms with E-state index in [1.165, 1.54) is 13.3 Å². The van der Waals surface area contributed by atoms with E-state index in [0.29, 0.717) is 18.4 Å². The Kier molecular flexibility index (Phi) is 5.07. The van der Waals surface area contributed by atoms with Crippen LogP contribution in [0.5, 0.6) is 0 Å². The van der Waals surface area contributed by atoms with Crippen molar-refractivity contribution in [1.29, 1.82) is 0 Å². The van der Waals surface area contributed by atoms with Crippen LogP contribution in [-0.2, 0) is 17.8 Å². The highest BCUT2D eigenvalue weighted by atomic mass is 16.5. The molecule has 0 spiro atoms. The number of esters is 1. The van der Waals surface area contributed by atoms with Crippen molar-refractivity contribution in [3.8, 4) is 11.1 Å². The van der Waals surface area contributed by atoms with Gasteiger partial charge in [-0.25, -0.2) is 9.78 Å². The van der Waals surface area contributed by atoms with Crippen molar-refractivity contribution < 1.29 is 9.53 Å². The maximum absolute atomic E-state index is 12.8. The van der Waals surface area contributed by atoms with Gasteiger partial charge in [0.15, 0.2) is 5.69 Å². The maximum atomic E-state index is 12.8. The van der Waals surface area contributed by atoms with E-state index in [9.17, 15) is 9.59 Å². The Morgan fingerprint density at radius 2 is 2.03 bits per heavy atom. The average molecular weight is 417 g/mol. The molecule has 0 radical (unpaired) electrons. The molecule has 0 saturated carbocycles. The second-order valence-corrected chi connectivity index (χ2v) is 8.24. The summed E-state index contributed by atoms with van der Waals surface area (Å²) in [5, 5.41) is 0. The highest BCUT2D eigenvalue weighted by Gasteiger charge is 2.35. The number of likely N-dealkylation sites (tertiary alicyclic amines) is 1. The quantitative estimate of drug-likeness (QED) is 0.601. The van der Waals surface area contributed by atoms with Crippen LogP contribution in [-0.4, -0.2) is 50.6 Å². The summed E-state index contributed by atoms with van der Waals surface area (Å²) in [5.41, 5.74) is 4.05. The lowest BCUT2D eigenvalue weighted by Crippen LogP contribution is -2.46. The first kappa shape index (κ1) is 19.6. The number of carbonyl (C=O) groups excluding carboxylic acids is 1. The molecule has 158 valence electrons. The molecule has 5 heterocycles. The first-order valence-electron chi connectivity index (χ1n) is 10.4. The average Bonchev–Trinajstić information content (AvgIpc) is 2.80. The molecule has 3 aromatic rings. The van der Waals surface area contributed by atoms with E-state index in [1.54, 1.807) is 24.7 Å². The van der Waals surface area contributed by atoms with Gasteiger partial charge < -0.3 is 9.30 Å². The number of nitrogens with zero attached hydrogens (tertiary/aromatic N) is 5. The molecule has 0 amide bonds. The van der Waals surface area contributed by atoms with Crippen molar-refractivity contribution in [3.05, 3.63) is 76.5 Å². The van der Waals surface area contributed by atoms with E-state index >= 15 is 0 Å². The van der Waals surface area contributed by atoms with Gasteiger partial charge in [0.25, 0.3) is 5.56 Å². The summed E-state index contributed by atoms with van der Waals surface area (Å²) in [6.45, 7) is 3.16. The number of carbonyl (C=O) groups is 1. The predicted molar refractivity (Wildman–Crippen MR) is 113 cm³/mol. The van der Waals surface area contributed by atoms with Crippen molar-refractivity contribution in [2.75, 3.05) is 20.2 Å². The molecule has 8 nitrogen and oxygen atoms in total. The first-order chi connectivity index (χ1) is 15.1. The van der Waals surface area contributed by atoms with Crippen LogP contribution in [0.2, 0.25) is 0 Å². The summed E-state index contributed by atoms with van der Waals surface area (Å²) >= 11 is 0. The minimum absolute atomic E-state index is 0.0590. The van der Waals surface area contributed by atoms with E-state index in [0.717, 1.165) is 48.6 Å². The second kappa shape index (κ2) is 8.03. The zero-order valence-corrected chi connectivity index (χ0v) is 17.3. The van der Waals surface area contributed by atoms with Gasteiger partial charge in [0.05, 0.1) is 25.2 Å². The molecule has 5 rings (SSSR count). The number of piperidine rings is 1. The summed E-state index contributed by atoms with van der Waals surface area (Å²) in [7, 11) is 1.33. The lowest BCUT2D eigenvalue weighted by Gasteiger charge is -2.42. The summed E-state index contributed by atoms with van der Waals surface area (Å²) < 4.78 is 6.62. The summed E-state index contributed by atoms with van der Waals surface area (Å²) in [6.07, 6.45) is 7.70. The second-order valence-electron chi connectivity index (χ2n) is 8.24. The Morgan fingerprint density at radius 3 is 2.77 bits per heavy atom. The molecule has 0 unspecified atom stereocenters. The highest BCUT2D eigenvalue weighted by Crippen LogP contribution is 2.36. The molecule has 2 bridgehead atoms. The fourth-order valence-corrected chi connectivity index (χ4v) is 4.76. The summed E-state index contributed by atoms with van der Waals surface area (Å²) in [6, 6.07) is 7.73. The molecule has 8 heteroatoms. The van der Waals surface area contributed by atoms with Crippen molar-refractivity contribution in [2.45, 2.75) is 25.4 Å². The van der Waals surface area contributed by atoms with Gasteiger partial charge in [0.2, 0.25) is 0 Å². The van der Waals surface area contributed by atoms with Crippen molar-refractivity contribution in [3.63, 3.8) is 0 Å². The van der Waals surface area contributed by atoms with Crippen LogP contribution in [0, 0.1) is 5.92 Å². The normalized spacial score (nSPS) is 20.2. The number of rotatable bonds is 4. The molecule has 31 heavy (non-hydrogen) atoms. The number of hydrogen-bond acceptors (Lipinski definition) is 7. The topological polar surface area (TPSA) is 90.2 Å². The third-order valence-electron chi connectivity index (χ3n) is 6.11. The molecular weight excluding hydrogens is 394 g/mol. The van der Waals surface area contributed by atoms with Crippen LogP contribution in [0.4, 0.5) is 0 Å². The van der Waals surface area contributed by atoms with Gasteiger partial charge in [0, 0.05) is 61.8 Å². The highest BCUT2D eigenvalue weighted by molar-refractivity contribution is 5.86. The lowest BCUT2D eigenvalue weighted by molar-refractivity contribution is 0.0593. The fourth-order valence-electron chi connectivity index (χ4n) is 4.76. The number of fused-ring (bicyclic) bond motifs is 4. The Labute approximate surface area is 179 Å². The molecule has 0 N–H and O–H groups in total. The molecule has 1 fully saturated rings. The largest absolute Gasteiger partial charge is 0.464 e. The number of methoxy groups -OCH3 is 1. The Bertz CT molecular complexity index is 1160. The Hall–Kier alpha value is -3.39. The van der Waals surface area contributed by atoms with E-state index in [2.05, 4.69) is 30.7 Å². The minimum Gasteiger partial charge on any atom is -0.464 e. The molecule has 0 aromatic carbocycles. The van der Waals surface area contributed by atoms with Gasteiger partial charge in [-0.1, -0.05) is 6.07 Å². The van der Waals surface area contributed by atoms with Crippen LogP contribution >= 0.6 is 0 Å². The van der Waals surface area contributed by atoms with Crippen LogP contribution in [0.25, 0.3) is 11.1 Å². The van der Waals surface area contributed by atoms with Gasteiger partial charge in [-0.15, -0.1) is 0 Å². The predicted octanol–water partition coefficient (Wildman–Crippen LogP) is 2.11. The molecule has 0 aliphatic carbocycles. The SMILES string of the molecule is COC(=O)c1cnc(CN2C[C@@H]3C[C@H](C2)c2cc(-c4cccnc4)cc(=O)n2C3)cn1. The van der Waals surface area contributed by atoms with Crippen LogP contribution in [0.15, 0.2) is 53.8 Å². The Morgan fingerprint density at radius 1 is 1.13 bits per heavy atom. The number of aromatic nitrogens is 4. The van der Waals surface area contributed by atoms with Crippen molar-refractivity contribution >= 4 is 5.97 Å². The van der Waals surface area contributed by atoms with Gasteiger partial charge in [-0.2, -0.15) is 0 Å². The van der Waals surface area contributed by atoms with Crippen LogP contribution in [0.3, 0.4) is 0 Å². The number of pyridine rings is 2. The smallest absolute Gasteiger partial charge is 0.358 e. The monoisotopic (exact) mass is 417 g/mol. The molecule has 2 aliphatic heterocycles. The number of ether oxygens (including phenoxy) is 1. The van der Waals surface area contributed by atoms with E-state index < -0.39 is 5.97 Å². The van der Waals surface area contributed by atoms with Gasteiger partial charge >= 0.3 is 5.97 Å². The molecule has 3 aromatic heterocycles. The van der Waals surface area contributed by atoms with Crippen molar-refractivity contribution in [1.82, 2.24) is 24.4 Å². The fraction of sp³-hybridized carbons (Fsp3) is 0.348. The van der Waals surface area contributed by atoms with Gasteiger partial charge in [-0.3, -0.25) is 19.7 Å². The third kappa shape index (κ3) is 3.86. The van der Waals surface area contributed by atoms with Crippen molar-refractivity contribution in [2.24, 2.45) is 5.92 Å². The zero-order valence-electron chi connectivity index (χ0n) is 17.3. The van der Waals surface area contributed by atoms with Crippen LogP contribution in [0.1, 0.15) is 34.2 Å². The Balaban J connectivity index is 1.38. The van der Waals surface area contributed by atoms with E-state index in [-0.39, 0.29) is 11.3 Å². The summed E-state index contributed by atoms with van der Waals surface area (Å²) in [5.74, 6) is 0.229. The minimum atomic E-state index is -0.488. The molecule has 2 atom stereocenters. The van der Waals surface area contributed by atoms with E-state index in [1.807, 2.05) is 16.7 Å². The molecule has 2 aliphatic rings. The zero-order chi connectivity index (χ0) is 21.4. The standard InChI is InChI=1S/C23H23N5O3/c1-31-23(30)20-10-25-19(9-26-20)14-27-11-15-5-18(13-27)21-6-17(7-22(29)28(21)12-15)16-3-2-4-24-8-16/h2-4,6-10,15,18H,5,11-14H2,1H3/t15-,18+/m0/s1. The third-order valence-corrected chi connectivity index (χ3v) is 6.11. The first-order valence-corrected chi connectivity index (χ1v) is 10.4. The lowest BCUT2D eigenvalue weighted by atomic mass is 9.82. The van der Waals surface area contributed by atoms with Gasteiger partial charge in [-0.05, 0) is 30.0 Å². The molecular formula is C23H23N5O3. The van der Waals surface area contributed by atoms with Crippen LogP contribution < -0.4 is 5.56 Å². The summed E-state index contributed by atoms with van der Waals surface area (Å²) in [4.78, 5) is 39.5. The van der Waals surface area contributed by atoms with Gasteiger partial charge in [0.1, 0.15) is 0 Å². The molecule has 1 saturated heterocycles. The van der Waals surface area contributed by atoms with E-state index in [4.69, 9.17) is 0 Å². The number of hydrogen-bond donors (Lipinski definition) is 0. The maximum Gasteiger partial charge on any atom is 0.358 e.